The third-order valence-electron chi connectivity index (χ3n) is 1.92. The Labute approximate surface area is 83.6 Å². The zero-order valence-corrected chi connectivity index (χ0v) is 8.53. The standard InChI is InChI=1S/C10H14NO3/c1-12-7-4-9(13-2)8(6-11)10(5-7)14-3/h4-6H,11H2,1-3H3. The molecule has 0 saturated heterocycles. The van der Waals surface area contributed by atoms with Gasteiger partial charge in [-0.3, -0.25) is 0 Å². The second kappa shape index (κ2) is 4.72. The number of nitrogens with two attached hydrogens (primary N) is 1. The Kier molecular flexibility index (Phi) is 3.59. The average molecular weight is 196 g/mol. The highest BCUT2D eigenvalue weighted by molar-refractivity contribution is 5.53. The van der Waals surface area contributed by atoms with Crippen molar-refractivity contribution >= 4 is 0 Å². The number of hydrogen-bond acceptors (Lipinski definition) is 4. The molecule has 1 aromatic carbocycles. The second-order valence-corrected chi connectivity index (χ2v) is 2.61. The summed E-state index contributed by atoms with van der Waals surface area (Å²) in [5, 5.41) is 0. The Hall–Kier alpha value is -1.42. The third kappa shape index (κ3) is 1.90. The zero-order valence-electron chi connectivity index (χ0n) is 8.53. The van der Waals surface area contributed by atoms with E-state index >= 15 is 0 Å². The normalized spacial score (nSPS) is 9.71. The fourth-order valence-corrected chi connectivity index (χ4v) is 1.20. The van der Waals surface area contributed by atoms with Crippen LogP contribution in [-0.4, -0.2) is 21.3 Å². The van der Waals surface area contributed by atoms with Gasteiger partial charge < -0.3 is 19.9 Å². The molecule has 2 N–H and O–H groups in total. The minimum atomic E-state index is 0.628. The minimum Gasteiger partial charge on any atom is -0.496 e. The highest BCUT2D eigenvalue weighted by atomic mass is 16.5. The molecule has 0 unspecified atom stereocenters. The Bertz CT molecular complexity index is 287. The molecule has 0 aromatic heterocycles. The predicted octanol–water partition coefficient (Wildman–Crippen LogP) is 1.18. The predicted molar refractivity (Wildman–Crippen MR) is 53.7 cm³/mol. The van der Waals surface area contributed by atoms with Crippen LogP contribution in [-0.2, 0) is 0 Å². The summed E-state index contributed by atoms with van der Waals surface area (Å²) in [6.07, 6.45) is 0. The van der Waals surface area contributed by atoms with Gasteiger partial charge in [0, 0.05) is 12.1 Å². The number of hydrogen-bond donors (Lipinski definition) is 1. The summed E-state index contributed by atoms with van der Waals surface area (Å²) >= 11 is 0. The van der Waals surface area contributed by atoms with Gasteiger partial charge in [0.15, 0.2) is 0 Å². The summed E-state index contributed by atoms with van der Waals surface area (Å²) in [5.74, 6) is 1.93. The minimum absolute atomic E-state index is 0.628. The van der Waals surface area contributed by atoms with Crippen molar-refractivity contribution in [1.82, 2.24) is 0 Å². The number of rotatable bonds is 4. The molecule has 4 heteroatoms. The van der Waals surface area contributed by atoms with Gasteiger partial charge in [-0.1, -0.05) is 0 Å². The third-order valence-corrected chi connectivity index (χ3v) is 1.92. The molecule has 0 aliphatic heterocycles. The lowest BCUT2D eigenvalue weighted by Crippen LogP contribution is -2.01. The Balaban J connectivity index is 3.24. The van der Waals surface area contributed by atoms with E-state index in [1.54, 1.807) is 33.5 Å². The van der Waals surface area contributed by atoms with Gasteiger partial charge in [-0.15, -0.1) is 0 Å². The van der Waals surface area contributed by atoms with E-state index in [4.69, 9.17) is 19.9 Å². The fourth-order valence-electron chi connectivity index (χ4n) is 1.20. The molecule has 77 valence electrons. The monoisotopic (exact) mass is 196 g/mol. The molecule has 4 nitrogen and oxygen atoms in total. The highest BCUT2D eigenvalue weighted by Crippen LogP contribution is 2.33. The van der Waals surface area contributed by atoms with Crippen LogP contribution in [0.3, 0.4) is 0 Å². The lowest BCUT2D eigenvalue weighted by molar-refractivity contribution is 0.372. The first-order chi connectivity index (χ1) is 6.76. The van der Waals surface area contributed by atoms with E-state index in [1.165, 1.54) is 6.54 Å². The number of benzene rings is 1. The molecule has 0 saturated carbocycles. The summed E-state index contributed by atoms with van der Waals surface area (Å²) in [4.78, 5) is 0. The van der Waals surface area contributed by atoms with Gasteiger partial charge in [-0.25, -0.2) is 0 Å². The van der Waals surface area contributed by atoms with Gasteiger partial charge >= 0.3 is 0 Å². The van der Waals surface area contributed by atoms with E-state index < -0.39 is 0 Å². The zero-order chi connectivity index (χ0) is 10.6. The summed E-state index contributed by atoms with van der Waals surface area (Å²) in [5.41, 5.74) is 6.19. The van der Waals surface area contributed by atoms with E-state index in [0.717, 1.165) is 5.56 Å². The largest absolute Gasteiger partial charge is 0.496 e. The van der Waals surface area contributed by atoms with Crippen molar-refractivity contribution in [2.24, 2.45) is 5.73 Å². The molecular formula is C10H14NO3. The Morgan fingerprint density at radius 3 is 1.79 bits per heavy atom. The first-order valence-corrected chi connectivity index (χ1v) is 4.11. The van der Waals surface area contributed by atoms with Crippen molar-refractivity contribution in [3.05, 3.63) is 24.2 Å². The molecule has 0 aliphatic rings. The molecule has 14 heavy (non-hydrogen) atoms. The second-order valence-electron chi connectivity index (χ2n) is 2.61. The Morgan fingerprint density at radius 2 is 1.50 bits per heavy atom. The van der Waals surface area contributed by atoms with Crippen LogP contribution in [0.2, 0.25) is 0 Å². The van der Waals surface area contributed by atoms with E-state index in [9.17, 15) is 0 Å². The number of ether oxygens (including phenoxy) is 3. The maximum Gasteiger partial charge on any atom is 0.131 e. The fraction of sp³-hybridized carbons (Fsp3) is 0.300. The van der Waals surface area contributed by atoms with Crippen LogP contribution in [0.25, 0.3) is 0 Å². The lowest BCUT2D eigenvalue weighted by atomic mass is 10.1. The molecule has 0 atom stereocenters. The van der Waals surface area contributed by atoms with Gasteiger partial charge in [0.1, 0.15) is 17.2 Å². The number of methoxy groups -OCH3 is 3. The molecule has 1 aromatic rings. The van der Waals surface area contributed by atoms with E-state index in [2.05, 4.69) is 0 Å². The SMILES string of the molecule is COc1cc(OC)c([CH]N)c(OC)c1. The van der Waals surface area contributed by atoms with E-state index in [0.29, 0.717) is 17.2 Å². The maximum atomic E-state index is 5.47. The molecule has 0 amide bonds. The smallest absolute Gasteiger partial charge is 0.131 e. The van der Waals surface area contributed by atoms with Gasteiger partial charge in [0.2, 0.25) is 0 Å². The van der Waals surface area contributed by atoms with E-state index in [-0.39, 0.29) is 0 Å². The van der Waals surface area contributed by atoms with Crippen LogP contribution in [0.5, 0.6) is 17.2 Å². The van der Waals surface area contributed by atoms with Crippen LogP contribution in [0.4, 0.5) is 0 Å². The van der Waals surface area contributed by atoms with E-state index in [1.807, 2.05) is 0 Å². The van der Waals surface area contributed by atoms with Crippen LogP contribution in [0, 0.1) is 6.54 Å². The quantitative estimate of drug-likeness (QED) is 0.785. The van der Waals surface area contributed by atoms with Crippen LogP contribution >= 0.6 is 0 Å². The molecule has 1 rings (SSSR count). The van der Waals surface area contributed by atoms with Crippen molar-refractivity contribution in [2.45, 2.75) is 0 Å². The lowest BCUT2D eigenvalue weighted by Gasteiger charge is -2.13. The van der Waals surface area contributed by atoms with Gasteiger partial charge in [-0.05, 0) is 0 Å². The van der Waals surface area contributed by atoms with Crippen molar-refractivity contribution < 1.29 is 14.2 Å². The molecule has 0 bridgehead atoms. The van der Waals surface area contributed by atoms with Crippen molar-refractivity contribution in [3.8, 4) is 17.2 Å². The van der Waals surface area contributed by atoms with Crippen molar-refractivity contribution in [1.29, 1.82) is 0 Å². The summed E-state index contributed by atoms with van der Waals surface area (Å²) in [7, 11) is 4.72. The summed E-state index contributed by atoms with van der Waals surface area (Å²) in [6, 6.07) is 3.50. The first-order valence-electron chi connectivity index (χ1n) is 4.11. The summed E-state index contributed by atoms with van der Waals surface area (Å²) < 4.78 is 15.4. The average Bonchev–Trinajstić information content (AvgIpc) is 2.26. The maximum absolute atomic E-state index is 5.47. The van der Waals surface area contributed by atoms with Crippen LogP contribution in [0.1, 0.15) is 5.56 Å². The summed E-state index contributed by atoms with van der Waals surface area (Å²) in [6.45, 7) is 1.44. The van der Waals surface area contributed by atoms with Gasteiger partial charge in [-0.2, -0.15) is 0 Å². The van der Waals surface area contributed by atoms with Crippen LogP contribution in [0.15, 0.2) is 12.1 Å². The Morgan fingerprint density at radius 1 is 1.00 bits per heavy atom. The molecule has 1 radical (unpaired) electrons. The molecule has 0 fully saturated rings. The van der Waals surface area contributed by atoms with Crippen LogP contribution < -0.4 is 19.9 Å². The highest BCUT2D eigenvalue weighted by Gasteiger charge is 2.11. The van der Waals surface area contributed by atoms with Crippen molar-refractivity contribution in [3.63, 3.8) is 0 Å². The molecule has 0 heterocycles. The molecule has 0 aliphatic carbocycles. The van der Waals surface area contributed by atoms with Gasteiger partial charge in [0.25, 0.3) is 0 Å². The molecule has 0 spiro atoms. The molecular weight excluding hydrogens is 182 g/mol. The first kappa shape index (κ1) is 10.7. The topological polar surface area (TPSA) is 53.7 Å². The van der Waals surface area contributed by atoms with Gasteiger partial charge in [0.05, 0.1) is 33.4 Å². The van der Waals surface area contributed by atoms with Crippen molar-refractivity contribution in [2.75, 3.05) is 21.3 Å².